The maximum Gasteiger partial charge on any atom is 0.494 e. The normalized spacial score (nSPS) is 19.5. The Morgan fingerprint density at radius 3 is 2.25 bits per heavy atom. The minimum atomic E-state index is -4.31. The molecule has 1 aliphatic heterocycles. The summed E-state index contributed by atoms with van der Waals surface area (Å²) in [6, 6.07) is 7.06. The van der Waals surface area contributed by atoms with Crippen LogP contribution in [-0.4, -0.2) is 30.3 Å². The fourth-order valence-electron chi connectivity index (χ4n) is 2.43. The standard InChI is InChI=1S/C17H22BF3O3/c1-15(2)16(3,4)24-18(23-15)13-7-5-6-12(10-13)11-14(22)8-9-17(19,20)21/h5-7,10H,8-9,11H2,1-4H3. The van der Waals surface area contributed by atoms with Crippen LogP contribution in [0.1, 0.15) is 46.1 Å². The summed E-state index contributed by atoms with van der Waals surface area (Å²) in [6.45, 7) is 7.77. The van der Waals surface area contributed by atoms with Crippen molar-refractivity contribution in [2.24, 2.45) is 0 Å². The van der Waals surface area contributed by atoms with Crippen molar-refractivity contribution in [3.05, 3.63) is 29.8 Å². The molecular formula is C17H22BF3O3. The van der Waals surface area contributed by atoms with Crippen molar-refractivity contribution >= 4 is 18.4 Å². The molecule has 0 spiro atoms. The first-order chi connectivity index (χ1) is 10.9. The molecule has 1 heterocycles. The zero-order valence-corrected chi connectivity index (χ0v) is 14.4. The van der Waals surface area contributed by atoms with Gasteiger partial charge in [-0.05, 0) is 38.7 Å². The summed E-state index contributed by atoms with van der Waals surface area (Å²) in [5, 5.41) is 0. The Morgan fingerprint density at radius 1 is 1.12 bits per heavy atom. The molecule has 132 valence electrons. The maximum absolute atomic E-state index is 12.2. The van der Waals surface area contributed by atoms with Crippen molar-refractivity contribution in [1.82, 2.24) is 0 Å². The van der Waals surface area contributed by atoms with Crippen LogP contribution in [0.2, 0.25) is 0 Å². The number of Topliss-reactive ketones (excluding diaryl/α,β-unsaturated/α-hetero) is 1. The second-order valence-electron chi connectivity index (χ2n) is 7.16. The van der Waals surface area contributed by atoms with Gasteiger partial charge in [-0.3, -0.25) is 4.79 Å². The summed E-state index contributed by atoms with van der Waals surface area (Å²) in [7, 11) is -0.555. The van der Waals surface area contributed by atoms with E-state index in [0.717, 1.165) is 5.46 Å². The van der Waals surface area contributed by atoms with E-state index in [4.69, 9.17) is 9.31 Å². The molecule has 1 aliphatic rings. The third kappa shape index (κ3) is 4.60. The molecule has 0 N–H and O–H groups in total. The lowest BCUT2D eigenvalue weighted by Crippen LogP contribution is -2.41. The second-order valence-corrected chi connectivity index (χ2v) is 7.16. The monoisotopic (exact) mass is 342 g/mol. The Balaban J connectivity index is 2.04. The smallest absolute Gasteiger partial charge is 0.399 e. The van der Waals surface area contributed by atoms with Gasteiger partial charge in [0.25, 0.3) is 0 Å². The average Bonchev–Trinajstić information content (AvgIpc) is 2.65. The Hall–Kier alpha value is -1.34. The highest BCUT2D eigenvalue weighted by molar-refractivity contribution is 6.62. The van der Waals surface area contributed by atoms with E-state index in [9.17, 15) is 18.0 Å². The summed E-state index contributed by atoms with van der Waals surface area (Å²) >= 11 is 0. The lowest BCUT2D eigenvalue weighted by molar-refractivity contribution is -0.143. The molecule has 1 aromatic carbocycles. The summed E-state index contributed by atoms with van der Waals surface area (Å²) < 4.78 is 48.4. The molecule has 2 rings (SSSR count). The van der Waals surface area contributed by atoms with Gasteiger partial charge >= 0.3 is 13.3 Å². The van der Waals surface area contributed by atoms with Crippen molar-refractivity contribution in [2.75, 3.05) is 0 Å². The number of hydrogen-bond acceptors (Lipinski definition) is 3. The topological polar surface area (TPSA) is 35.5 Å². The zero-order chi connectivity index (χ0) is 18.2. The summed E-state index contributed by atoms with van der Waals surface area (Å²) in [4.78, 5) is 11.7. The third-order valence-electron chi connectivity index (χ3n) is 4.57. The number of carbonyl (C=O) groups excluding carboxylic acids is 1. The first-order valence-corrected chi connectivity index (χ1v) is 7.92. The molecule has 1 saturated heterocycles. The van der Waals surface area contributed by atoms with Crippen molar-refractivity contribution in [1.29, 1.82) is 0 Å². The van der Waals surface area contributed by atoms with Crippen molar-refractivity contribution in [2.45, 2.75) is 64.3 Å². The Kier molecular flexibility index (Phi) is 5.16. The quantitative estimate of drug-likeness (QED) is 0.769. The van der Waals surface area contributed by atoms with E-state index >= 15 is 0 Å². The third-order valence-corrected chi connectivity index (χ3v) is 4.57. The fraction of sp³-hybridized carbons (Fsp3) is 0.588. The van der Waals surface area contributed by atoms with E-state index in [1.807, 2.05) is 33.8 Å². The zero-order valence-electron chi connectivity index (χ0n) is 14.4. The van der Waals surface area contributed by atoms with E-state index in [0.29, 0.717) is 5.56 Å². The number of hydrogen-bond donors (Lipinski definition) is 0. The molecule has 7 heteroatoms. The van der Waals surface area contributed by atoms with Gasteiger partial charge < -0.3 is 9.31 Å². The highest BCUT2D eigenvalue weighted by Gasteiger charge is 2.51. The minimum absolute atomic E-state index is 0.0244. The molecule has 0 amide bonds. The largest absolute Gasteiger partial charge is 0.494 e. The van der Waals surface area contributed by atoms with Gasteiger partial charge in [0.15, 0.2) is 0 Å². The predicted octanol–water partition coefficient (Wildman–Crippen LogP) is 3.44. The molecular weight excluding hydrogens is 320 g/mol. The van der Waals surface area contributed by atoms with E-state index < -0.39 is 43.1 Å². The van der Waals surface area contributed by atoms with Crippen LogP contribution in [-0.2, 0) is 20.5 Å². The van der Waals surface area contributed by atoms with Crippen molar-refractivity contribution < 1.29 is 27.3 Å². The van der Waals surface area contributed by atoms with Gasteiger partial charge in [-0.15, -0.1) is 0 Å². The van der Waals surface area contributed by atoms with Crippen LogP contribution in [0.5, 0.6) is 0 Å². The molecule has 0 bridgehead atoms. The summed E-state index contributed by atoms with van der Waals surface area (Å²) in [5.74, 6) is -0.432. The fourth-order valence-corrected chi connectivity index (χ4v) is 2.43. The Bertz CT molecular complexity index is 595. The molecule has 0 radical (unpaired) electrons. The molecule has 0 unspecified atom stereocenters. The van der Waals surface area contributed by atoms with E-state index in [-0.39, 0.29) is 6.42 Å². The predicted molar refractivity (Wildman–Crippen MR) is 86.2 cm³/mol. The number of rotatable bonds is 5. The number of benzene rings is 1. The van der Waals surface area contributed by atoms with E-state index in [2.05, 4.69) is 0 Å². The molecule has 24 heavy (non-hydrogen) atoms. The number of alkyl halides is 3. The average molecular weight is 342 g/mol. The van der Waals surface area contributed by atoms with Crippen LogP contribution in [0.4, 0.5) is 13.2 Å². The summed E-state index contributed by atoms with van der Waals surface area (Å²) in [6.07, 6.45) is -5.91. The van der Waals surface area contributed by atoms with Crippen molar-refractivity contribution in [3.63, 3.8) is 0 Å². The van der Waals surface area contributed by atoms with Gasteiger partial charge in [-0.2, -0.15) is 13.2 Å². The highest BCUT2D eigenvalue weighted by Crippen LogP contribution is 2.36. The summed E-state index contributed by atoms with van der Waals surface area (Å²) in [5.41, 5.74) is 0.469. The second kappa shape index (κ2) is 6.52. The van der Waals surface area contributed by atoms with Crippen LogP contribution in [0, 0.1) is 0 Å². The first kappa shape index (κ1) is 19.0. The molecule has 0 saturated carbocycles. The first-order valence-electron chi connectivity index (χ1n) is 7.92. The van der Waals surface area contributed by atoms with Crippen LogP contribution < -0.4 is 5.46 Å². The number of halogens is 3. The van der Waals surface area contributed by atoms with Gasteiger partial charge in [0.1, 0.15) is 5.78 Å². The van der Waals surface area contributed by atoms with Crippen LogP contribution in [0.15, 0.2) is 24.3 Å². The van der Waals surface area contributed by atoms with Crippen LogP contribution >= 0.6 is 0 Å². The van der Waals surface area contributed by atoms with Crippen LogP contribution in [0.25, 0.3) is 0 Å². The van der Waals surface area contributed by atoms with Gasteiger partial charge in [-0.25, -0.2) is 0 Å². The Labute approximate surface area is 140 Å². The van der Waals surface area contributed by atoms with Crippen molar-refractivity contribution in [3.8, 4) is 0 Å². The highest BCUT2D eigenvalue weighted by atomic mass is 19.4. The number of carbonyl (C=O) groups is 1. The van der Waals surface area contributed by atoms with Gasteiger partial charge in [-0.1, -0.05) is 24.3 Å². The molecule has 0 atom stereocenters. The van der Waals surface area contributed by atoms with Gasteiger partial charge in [0.2, 0.25) is 0 Å². The SMILES string of the molecule is CC1(C)OB(c2cccc(CC(=O)CCC(F)(F)F)c2)OC1(C)C. The maximum atomic E-state index is 12.2. The van der Waals surface area contributed by atoms with E-state index in [1.165, 1.54) is 0 Å². The lowest BCUT2D eigenvalue weighted by Gasteiger charge is -2.32. The van der Waals surface area contributed by atoms with Crippen LogP contribution in [0.3, 0.4) is 0 Å². The van der Waals surface area contributed by atoms with Gasteiger partial charge in [0.05, 0.1) is 17.6 Å². The van der Waals surface area contributed by atoms with Gasteiger partial charge in [0, 0.05) is 12.8 Å². The molecule has 1 aromatic rings. The molecule has 1 fully saturated rings. The molecule has 0 aliphatic carbocycles. The lowest BCUT2D eigenvalue weighted by atomic mass is 9.78. The minimum Gasteiger partial charge on any atom is -0.399 e. The number of ketones is 1. The van der Waals surface area contributed by atoms with E-state index in [1.54, 1.807) is 18.2 Å². The molecule has 0 aromatic heterocycles. The Morgan fingerprint density at radius 2 is 1.71 bits per heavy atom. The molecule has 3 nitrogen and oxygen atoms in total.